The van der Waals surface area contributed by atoms with Crippen molar-refractivity contribution >= 4 is 41.9 Å². The quantitative estimate of drug-likeness (QED) is 0.0318. The van der Waals surface area contributed by atoms with E-state index in [-0.39, 0.29) is 108 Å². The Hall–Kier alpha value is -3.95. The van der Waals surface area contributed by atoms with Gasteiger partial charge in [-0.25, -0.2) is 4.79 Å². The number of carbonyl (C=O) groups is 7. The second kappa shape index (κ2) is 46.8. The summed E-state index contributed by atoms with van der Waals surface area (Å²) in [4.78, 5) is 96.9. The van der Waals surface area contributed by atoms with E-state index in [0.717, 1.165) is 122 Å². The molecule has 0 radical (unpaired) electrons. The van der Waals surface area contributed by atoms with Gasteiger partial charge < -0.3 is 38.1 Å². The number of likely N-dealkylation sites (N-methyl/N-ethyl adjacent to an activating group) is 1. The largest absolute Gasteiger partial charge is 0.465 e. The first kappa shape index (κ1) is 70.2. The Bertz CT molecular complexity index is 1450. The zero-order chi connectivity index (χ0) is 56.9. The lowest BCUT2D eigenvalue weighted by Gasteiger charge is -2.36. The number of carbonyl (C=O) groups excluding carboxylic acids is 7. The number of hydrogen-bond acceptors (Lipinski definition) is 15. The molecule has 3 atom stereocenters. The molecular weight excluding hydrogens is 997 g/mol. The van der Waals surface area contributed by atoms with Gasteiger partial charge in [0.2, 0.25) is 0 Å². The van der Waals surface area contributed by atoms with E-state index in [1.165, 1.54) is 25.7 Å². The molecule has 0 spiro atoms. The van der Waals surface area contributed by atoms with Gasteiger partial charge in [-0.05, 0) is 71.4 Å². The molecule has 16 nitrogen and oxygen atoms in total. The van der Waals surface area contributed by atoms with Crippen molar-refractivity contribution in [1.82, 2.24) is 9.80 Å². The molecule has 0 aromatic carbocycles. The predicted octanol–water partition coefficient (Wildman–Crippen LogP) is 13.5. The minimum atomic E-state index is -0.634. The number of amides is 1. The van der Waals surface area contributed by atoms with Gasteiger partial charge in [0.15, 0.2) is 0 Å². The Morgan fingerprint density at radius 2 is 0.718 bits per heavy atom. The van der Waals surface area contributed by atoms with E-state index >= 15 is 0 Å². The number of likely N-dealkylation sites (tertiary alicyclic amines) is 2. The Morgan fingerprint density at radius 1 is 0.397 bits per heavy atom. The van der Waals surface area contributed by atoms with Crippen LogP contribution >= 0.6 is 0 Å². The minimum Gasteiger partial charge on any atom is -0.465 e. The van der Waals surface area contributed by atoms with E-state index in [2.05, 4.69) is 32.6 Å². The minimum absolute atomic E-state index is 0.108. The first-order chi connectivity index (χ1) is 37.9. The SMILES string of the molecule is CCCCCCCCC(=O)OCC(COC(=O)CCCCCCCC)CC(=O)OC[C@@H]1CCCC[C@@H](COC(=O)CC(COC(=O)CCCCCCCC)COC(=O)CCCCCCCC)N1C(=O)OC1CCCCN(C)C1. The molecule has 0 aromatic heterocycles. The van der Waals surface area contributed by atoms with Crippen molar-refractivity contribution in [2.75, 3.05) is 59.8 Å². The third kappa shape index (κ3) is 36.3. The van der Waals surface area contributed by atoms with Crippen LogP contribution in [-0.2, 0) is 61.9 Å². The average molecular weight is 1110 g/mol. The summed E-state index contributed by atoms with van der Waals surface area (Å²) < 4.78 is 40.7. The molecule has 2 aliphatic rings. The van der Waals surface area contributed by atoms with E-state index in [9.17, 15) is 33.6 Å². The van der Waals surface area contributed by atoms with Crippen molar-refractivity contribution in [2.45, 2.75) is 283 Å². The van der Waals surface area contributed by atoms with Crippen LogP contribution in [0.2, 0.25) is 0 Å². The summed E-state index contributed by atoms with van der Waals surface area (Å²) in [5, 5.41) is 0. The van der Waals surface area contributed by atoms with Gasteiger partial charge in [-0.3, -0.25) is 33.7 Å². The number of ether oxygens (including phenoxy) is 7. The fourth-order valence-corrected chi connectivity index (χ4v) is 10.2. The fraction of sp³-hybridized carbons (Fsp3) is 0.887. The van der Waals surface area contributed by atoms with E-state index in [1.54, 1.807) is 4.90 Å². The predicted molar refractivity (Wildman–Crippen MR) is 303 cm³/mol. The normalized spacial score (nSPS) is 17.0. The Morgan fingerprint density at radius 3 is 1.06 bits per heavy atom. The van der Waals surface area contributed by atoms with Crippen LogP contribution in [0.1, 0.15) is 265 Å². The van der Waals surface area contributed by atoms with Crippen molar-refractivity contribution in [3.63, 3.8) is 0 Å². The van der Waals surface area contributed by atoms with Crippen LogP contribution in [0.15, 0.2) is 0 Å². The Labute approximate surface area is 471 Å². The molecule has 1 unspecified atom stereocenters. The summed E-state index contributed by atoms with van der Waals surface area (Å²) in [6.45, 7) is 9.37. The number of unbranched alkanes of at least 4 members (excludes halogenated alkanes) is 20. The Balaban J connectivity index is 2.20. The molecule has 0 N–H and O–H groups in total. The fourth-order valence-electron chi connectivity index (χ4n) is 10.2. The van der Waals surface area contributed by atoms with Gasteiger partial charge in [-0.2, -0.15) is 0 Å². The molecule has 2 saturated heterocycles. The second-order valence-corrected chi connectivity index (χ2v) is 22.6. The van der Waals surface area contributed by atoms with E-state index in [4.69, 9.17) is 33.2 Å². The number of rotatable bonds is 45. The van der Waals surface area contributed by atoms with Gasteiger partial charge in [0.05, 0.1) is 51.4 Å². The molecule has 0 aromatic rings. The zero-order valence-corrected chi connectivity index (χ0v) is 49.8. The molecular formula is C62H110N2O14. The highest BCUT2D eigenvalue weighted by molar-refractivity contribution is 5.73. The summed E-state index contributed by atoms with van der Waals surface area (Å²) in [6.07, 6.45) is 29.4. The van der Waals surface area contributed by atoms with Crippen molar-refractivity contribution in [1.29, 1.82) is 0 Å². The number of nitrogens with zero attached hydrogens (tertiary/aromatic N) is 2. The average Bonchev–Trinajstić information content (AvgIpc) is 3.77. The highest BCUT2D eigenvalue weighted by Crippen LogP contribution is 2.27. The van der Waals surface area contributed by atoms with Gasteiger partial charge in [0.25, 0.3) is 0 Å². The third-order valence-corrected chi connectivity index (χ3v) is 15.1. The molecule has 2 rings (SSSR count). The number of esters is 6. The highest BCUT2D eigenvalue weighted by atomic mass is 16.6. The summed E-state index contributed by atoms with van der Waals surface area (Å²) >= 11 is 0. The van der Waals surface area contributed by atoms with E-state index < -0.39 is 42.0 Å². The lowest BCUT2D eigenvalue weighted by Crippen LogP contribution is -2.52. The van der Waals surface area contributed by atoms with Crippen molar-refractivity contribution in [3.8, 4) is 0 Å². The molecule has 0 bridgehead atoms. The van der Waals surface area contributed by atoms with Crippen LogP contribution in [0.5, 0.6) is 0 Å². The molecule has 1 amide bonds. The third-order valence-electron chi connectivity index (χ3n) is 15.1. The first-order valence-electron chi connectivity index (χ1n) is 31.5. The summed E-state index contributed by atoms with van der Waals surface area (Å²) in [5.74, 6) is -3.88. The highest BCUT2D eigenvalue weighted by Gasteiger charge is 2.37. The van der Waals surface area contributed by atoms with Crippen LogP contribution in [0, 0.1) is 11.8 Å². The van der Waals surface area contributed by atoms with Crippen LogP contribution < -0.4 is 0 Å². The van der Waals surface area contributed by atoms with Crippen molar-refractivity contribution < 1.29 is 66.7 Å². The maximum atomic E-state index is 14.5. The maximum absolute atomic E-state index is 14.5. The van der Waals surface area contributed by atoms with E-state index in [1.807, 2.05) is 7.05 Å². The zero-order valence-electron chi connectivity index (χ0n) is 49.8. The molecule has 78 heavy (non-hydrogen) atoms. The van der Waals surface area contributed by atoms with Gasteiger partial charge in [-0.1, -0.05) is 169 Å². The van der Waals surface area contributed by atoms with Crippen molar-refractivity contribution in [2.24, 2.45) is 11.8 Å². The molecule has 452 valence electrons. The van der Waals surface area contributed by atoms with E-state index in [0.29, 0.717) is 64.3 Å². The van der Waals surface area contributed by atoms with Crippen LogP contribution in [-0.4, -0.2) is 130 Å². The summed E-state index contributed by atoms with van der Waals surface area (Å²) in [7, 11) is 2.00. The molecule has 0 aliphatic carbocycles. The van der Waals surface area contributed by atoms with Gasteiger partial charge in [0.1, 0.15) is 19.3 Å². The standard InChI is InChI=1S/C62H110N2O14/c1-6-10-14-18-22-26-37-56(65)72-45-51(46-73-57(66)38-27-23-19-15-11-7-2)42-60(69)76-49-53-34-30-31-35-54(64(53)62(71)78-55-36-32-33-41-63(5)44-55)50-77-61(70)43-52(47-74-58(67)39-28-24-20-16-12-8-3)48-75-59(68)40-29-25-21-17-13-9-4/h51-55H,6-50H2,1-5H3/t53-,54-,55?/m0/s1. The Kier molecular flexibility index (Phi) is 42.1. The smallest absolute Gasteiger partial charge is 0.410 e. The molecule has 0 saturated carbocycles. The summed E-state index contributed by atoms with van der Waals surface area (Å²) in [5.41, 5.74) is 0. The van der Waals surface area contributed by atoms with Crippen LogP contribution in [0.4, 0.5) is 4.79 Å². The van der Waals surface area contributed by atoms with Crippen molar-refractivity contribution in [3.05, 3.63) is 0 Å². The van der Waals surface area contributed by atoms with Gasteiger partial charge in [-0.15, -0.1) is 0 Å². The molecule has 2 heterocycles. The number of hydrogen-bond donors (Lipinski definition) is 0. The molecule has 2 aliphatic heterocycles. The van der Waals surface area contributed by atoms with Gasteiger partial charge in [0, 0.05) is 44.1 Å². The summed E-state index contributed by atoms with van der Waals surface area (Å²) in [6, 6.07) is -1.21. The second-order valence-electron chi connectivity index (χ2n) is 22.6. The topological polar surface area (TPSA) is 191 Å². The lowest BCUT2D eigenvalue weighted by atomic mass is 10.1. The molecule has 2 fully saturated rings. The van der Waals surface area contributed by atoms with Crippen LogP contribution in [0.3, 0.4) is 0 Å². The first-order valence-corrected chi connectivity index (χ1v) is 31.5. The monoisotopic (exact) mass is 1110 g/mol. The molecule has 16 heteroatoms. The lowest BCUT2D eigenvalue weighted by molar-refractivity contribution is -0.156. The maximum Gasteiger partial charge on any atom is 0.410 e. The van der Waals surface area contributed by atoms with Crippen LogP contribution in [0.25, 0.3) is 0 Å². The van der Waals surface area contributed by atoms with Gasteiger partial charge >= 0.3 is 41.9 Å².